The van der Waals surface area contributed by atoms with Crippen molar-refractivity contribution < 1.29 is 14.3 Å². The van der Waals surface area contributed by atoms with Crippen LogP contribution in [-0.4, -0.2) is 53.6 Å². The molecule has 0 saturated carbocycles. The number of ether oxygens (including phenoxy) is 1. The molecule has 1 aromatic rings. The maximum Gasteiger partial charge on any atom is 0.328 e. The highest BCUT2D eigenvalue weighted by molar-refractivity contribution is 5.96. The number of esters is 1. The van der Waals surface area contributed by atoms with Crippen LogP contribution in [0.15, 0.2) is 10.9 Å². The predicted molar refractivity (Wildman–Crippen MR) is 125 cm³/mol. The average Bonchev–Trinajstić information content (AvgIpc) is 3.21. The van der Waals surface area contributed by atoms with Crippen molar-refractivity contribution >= 4 is 11.9 Å². The number of carbonyl (C=O) groups is 2. The van der Waals surface area contributed by atoms with Gasteiger partial charge < -0.3 is 14.6 Å². The zero-order valence-corrected chi connectivity index (χ0v) is 20.1. The Bertz CT molecular complexity index is 877. The first-order chi connectivity index (χ1) is 15.4. The van der Waals surface area contributed by atoms with Gasteiger partial charge in [-0.25, -0.2) is 4.79 Å². The molecule has 3 rings (SSSR count). The minimum atomic E-state index is -0.784. The number of amides is 1. The Morgan fingerprint density at radius 2 is 1.88 bits per heavy atom. The molecule has 1 unspecified atom stereocenters. The molecule has 178 valence electrons. The van der Waals surface area contributed by atoms with Crippen LogP contribution in [-0.2, 0) is 28.9 Å². The van der Waals surface area contributed by atoms with E-state index in [1.54, 1.807) is 6.07 Å². The summed E-state index contributed by atoms with van der Waals surface area (Å²) in [5.74, 6) is -1.13. The van der Waals surface area contributed by atoms with Crippen LogP contribution in [0.2, 0.25) is 0 Å². The number of pyridine rings is 1. The lowest BCUT2D eigenvalue weighted by Gasteiger charge is -2.27. The van der Waals surface area contributed by atoms with E-state index >= 15 is 0 Å². The minimum absolute atomic E-state index is 0.139. The molecule has 0 spiro atoms. The van der Waals surface area contributed by atoms with E-state index in [-0.39, 0.29) is 17.0 Å². The van der Waals surface area contributed by atoms with Crippen molar-refractivity contribution in [3.8, 4) is 0 Å². The van der Waals surface area contributed by atoms with Crippen molar-refractivity contribution in [3.05, 3.63) is 33.2 Å². The number of carbonyl (C=O) groups excluding carboxylic acids is 2. The van der Waals surface area contributed by atoms with Crippen LogP contribution in [0.5, 0.6) is 0 Å². The summed E-state index contributed by atoms with van der Waals surface area (Å²) in [6.07, 6.45) is 8.45. The summed E-state index contributed by atoms with van der Waals surface area (Å²) in [7, 11) is 1.31. The molecule has 7 nitrogen and oxygen atoms in total. The third-order valence-electron chi connectivity index (χ3n) is 7.05. The summed E-state index contributed by atoms with van der Waals surface area (Å²) in [6.45, 7) is 8.51. The summed E-state index contributed by atoms with van der Waals surface area (Å²) in [4.78, 5) is 41.4. The van der Waals surface area contributed by atoms with Crippen LogP contribution in [0, 0.1) is 5.92 Å². The topological polar surface area (TPSA) is 80.6 Å². The van der Waals surface area contributed by atoms with E-state index in [2.05, 4.69) is 17.1 Å². The molecule has 0 aromatic carbocycles. The van der Waals surface area contributed by atoms with Gasteiger partial charge in [0.15, 0.2) is 0 Å². The molecule has 7 heteroatoms. The first-order valence-electron chi connectivity index (χ1n) is 12.3. The van der Waals surface area contributed by atoms with Crippen molar-refractivity contribution in [1.82, 2.24) is 14.8 Å². The number of hydrogen-bond donors (Lipinski definition) is 1. The number of likely N-dealkylation sites (N-methyl/N-ethyl adjacent to an activating group) is 1. The highest BCUT2D eigenvalue weighted by atomic mass is 16.5. The molecular weight excluding hydrogens is 406 g/mol. The second kappa shape index (κ2) is 11.1. The van der Waals surface area contributed by atoms with Gasteiger partial charge in [-0.05, 0) is 69.2 Å². The number of hydrogen-bond acceptors (Lipinski definition) is 5. The number of methoxy groups -OCH3 is 1. The molecular formula is C25H39N3O4. The van der Waals surface area contributed by atoms with E-state index in [0.717, 1.165) is 62.9 Å². The van der Waals surface area contributed by atoms with Crippen molar-refractivity contribution in [2.24, 2.45) is 5.92 Å². The van der Waals surface area contributed by atoms with Gasteiger partial charge in [0.1, 0.15) is 11.6 Å². The van der Waals surface area contributed by atoms with Gasteiger partial charge in [0.05, 0.1) is 7.11 Å². The Morgan fingerprint density at radius 1 is 1.16 bits per heavy atom. The fourth-order valence-electron chi connectivity index (χ4n) is 5.16. The smallest absolute Gasteiger partial charge is 0.328 e. The third-order valence-corrected chi connectivity index (χ3v) is 7.05. The van der Waals surface area contributed by atoms with E-state index in [1.807, 2.05) is 18.4 Å². The number of nitrogens with one attached hydrogen (secondary N) is 1. The zero-order valence-electron chi connectivity index (χ0n) is 20.1. The summed E-state index contributed by atoms with van der Waals surface area (Å²) >= 11 is 0. The second-order valence-corrected chi connectivity index (χ2v) is 9.50. The first kappa shape index (κ1) is 24.5. The van der Waals surface area contributed by atoms with E-state index in [1.165, 1.54) is 20.0 Å². The lowest BCUT2D eigenvalue weighted by Crippen LogP contribution is -2.47. The molecule has 1 fully saturated rings. The summed E-state index contributed by atoms with van der Waals surface area (Å²) < 4.78 is 6.74. The lowest BCUT2D eigenvalue weighted by molar-refractivity contribution is -0.144. The highest BCUT2D eigenvalue weighted by Crippen LogP contribution is 2.23. The van der Waals surface area contributed by atoms with E-state index < -0.39 is 17.9 Å². The molecule has 2 atom stereocenters. The van der Waals surface area contributed by atoms with E-state index in [4.69, 9.17) is 4.74 Å². The van der Waals surface area contributed by atoms with Gasteiger partial charge in [-0.15, -0.1) is 0 Å². The van der Waals surface area contributed by atoms with Crippen LogP contribution < -0.4 is 10.9 Å². The fourth-order valence-corrected chi connectivity index (χ4v) is 5.16. The SMILES string of the molecule is CCN1CCCC1Cn1c2c(cc(C(=O)N[C@@H](C(=O)OC)C(C)C)c1=O)CCCCCC2. The maximum atomic E-state index is 13.6. The molecule has 1 N–H and O–H groups in total. The van der Waals surface area contributed by atoms with Gasteiger partial charge in [0.25, 0.3) is 11.5 Å². The fraction of sp³-hybridized carbons (Fsp3) is 0.720. The van der Waals surface area contributed by atoms with Gasteiger partial charge >= 0.3 is 5.97 Å². The van der Waals surface area contributed by atoms with Crippen LogP contribution in [0.4, 0.5) is 0 Å². The van der Waals surface area contributed by atoms with E-state index in [9.17, 15) is 14.4 Å². The number of aryl methyl sites for hydroxylation is 1. The van der Waals surface area contributed by atoms with Crippen molar-refractivity contribution in [2.45, 2.75) is 90.8 Å². The largest absolute Gasteiger partial charge is 0.467 e. The Hall–Kier alpha value is -2.15. The molecule has 1 amide bonds. The van der Waals surface area contributed by atoms with E-state index in [0.29, 0.717) is 12.6 Å². The number of rotatable bonds is 7. The average molecular weight is 446 g/mol. The molecule has 1 aromatic heterocycles. The molecule has 32 heavy (non-hydrogen) atoms. The van der Waals surface area contributed by atoms with Crippen molar-refractivity contribution in [3.63, 3.8) is 0 Å². The molecule has 2 aliphatic rings. The second-order valence-electron chi connectivity index (χ2n) is 9.50. The van der Waals surface area contributed by atoms with Gasteiger partial charge in [-0.1, -0.05) is 33.6 Å². The maximum absolute atomic E-state index is 13.6. The number of aromatic nitrogens is 1. The summed E-state index contributed by atoms with van der Waals surface area (Å²) in [5, 5.41) is 2.76. The normalized spacial score (nSPS) is 20.3. The van der Waals surface area contributed by atoms with Crippen LogP contribution in [0.25, 0.3) is 0 Å². The Balaban J connectivity index is 2.00. The molecule has 1 aliphatic heterocycles. The van der Waals surface area contributed by atoms with Crippen LogP contribution in [0.1, 0.15) is 80.9 Å². The number of likely N-dealkylation sites (tertiary alicyclic amines) is 1. The minimum Gasteiger partial charge on any atom is -0.467 e. The Kier molecular flexibility index (Phi) is 8.51. The highest BCUT2D eigenvalue weighted by Gasteiger charge is 2.29. The van der Waals surface area contributed by atoms with Gasteiger partial charge in [-0.2, -0.15) is 0 Å². The summed E-state index contributed by atoms with van der Waals surface area (Å²) in [6, 6.07) is 1.33. The molecule has 2 heterocycles. The van der Waals surface area contributed by atoms with Crippen LogP contribution >= 0.6 is 0 Å². The quantitative estimate of drug-likeness (QED) is 0.653. The molecule has 0 bridgehead atoms. The van der Waals surface area contributed by atoms with Crippen molar-refractivity contribution in [2.75, 3.05) is 20.2 Å². The van der Waals surface area contributed by atoms with Gasteiger partial charge in [-0.3, -0.25) is 14.5 Å². The zero-order chi connectivity index (χ0) is 23.3. The van der Waals surface area contributed by atoms with Crippen molar-refractivity contribution in [1.29, 1.82) is 0 Å². The summed E-state index contributed by atoms with van der Waals surface area (Å²) in [5.41, 5.74) is 2.11. The molecule has 1 aliphatic carbocycles. The monoisotopic (exact) mass is 445 g/mol. The molecule has 1 saturated heterocycles. The predicted octanol–water partition coefficient (Wildman–Crippen LogP) is 2.92. The number of fused-ring (bicyclic) bond motifs is 1. The first-order valence-corrected chi connectivity index (χ1v) is 12.3. The molecule has 0 radical (unpaired) electrons. The third kappa shape index (κ3) is 5.42. The Labute approximate surface area is 191 Å². The standard InChI is InChI=1S/C25H39N3O4/c1-5-27-14-10-12-19(27)16-28-21-13-9-7-6-8-11-18(21)15-20(24(28)30)23(29)26-22(17(2)3)25(31)32-4/h15,17,19,22H,5-14,16H2,1-4H3,(H,26,29)/t19?,22-/m1/s1. The van der Waals surface area contributed by atoms with Crippen LogP contribution in [0.3, 0.4) is 0 Å². The Morgan fingerprint density at radius 3 is 2.53 bits per heavy atom. The number of nitrogens with zero attached hydrogens (tertiary/aromatic N) is 2. The van der Waals surface area contributed by atoms with Gasteiger partial charge in [0, 0.05) is 18.3 Å². The lowest BCUT2D eigenvalue weighted by atomic mass is 9.95. The van der Waals surface area contributed by atoms with Gasteiger partial charge in [0.2, 0.25) is 0 Å².